The van der Waals surface area contributed by atoms with Crippen molar-refractivity contribution in [3.63, 3.8) is 0 Å². The summed E-state index contributed by atoms with van der Waals surface area (Å²) in [5.41, 5.74) is -1.26. The van der Waals surface area contributed by atoms with E-state index < -0.39 is 11.0 Å². The predicted octanol–water partition coefficient (Wildman–Crippen LogP) is 1.74. The molecule has 0 fully saturated rings. The van der Waals surface area contributed by atoms with E-state index in [1.54, 1.807) is 13.1 Å². The van der Waals surface area contributed by atoms with E-state index in [0.29, 0.717) is 12.8 Å². The van der Waals surface area contributed by atoms with Crippen LogP contribution < -0.4 is 0 Å². The maximum atomic E-state index is 11.9. The van der Waals surface area contributed by atoms with Crippen LogP contribution in [0.25, 0.3) is 0 Å². The summed E-state index contributed by atoms with van der Waals surface area (Å²) < 4.78 is 0.820. The van der Waals surface area contributed by atoms with Crippen molar-refractivity contribution in [1.82, 2.24) is 0 Å². The van der Waals surface area contributed by atoms with Crippen LogP contribution in [0, 0.1) is 10.6 Å². The number of ketones is 1. The first-order valence-corrected chi connectivity index (χ1v) is 4.63. The summed E-state index contributed by atoms with van der Waals surface area (Å²) in [6.45, 7) is 7.29. The van der Waals surface area contributed by atoms with Gasteiger partial charge in [0.25, 0.3) is 0 Å². The van der Waals surface area contributed by atoms with Gasteiger partial charge < -0.3 is 5.21 Å². The minimum atomic E-state index is -0.821. The van der Waals surface area contributed by atoms with Gasteiger partial charge in [0, 0.05) is 25.2 Å². The van der Waals surface area contributed by atoms with Gasteiger partial charge in [-0.1, -0.05) is 20.8 Å². The summed E-state index contributed by atoms with van der Waals surface area (Å²) in [4.78, 5) is 11.9. The second-order valence-corrected chi connectivity index (χ2v) is 4.90. The summed E-state index contributed by atoms with van der Waals surface area (Å²) in [5.74, 6) is 0.0313. The monoisotopic (exact) mass is 183 g/mol. The highest BCUT2D eigenvalue weighted by Crippen LogP contribution is 2.31. The van der Waals surface area contributed by atoms with Crippen LogP contribution in [0.1, 0.15) is 40.5 Å². The molecule has 0 aromatic heterocycles. The van der Waals surface area contributed by atoms with Gasteiger partial charge >= 0.3 is 0 Å². The molecule has 74 valence electrons. The van der Waals surface area contributed by atoms with Gasteiger partial charge in [-0.05, 0) is 0 Å². The fraction of sp³-hybridized carbons (Fsp3) is 0.800. The third kappa shape index (κ3) is 1.60. The second kappa shape index (κ2) is 2.82. The van der Waals surface area contributed by atoms with Crippen molar-refractivity contribution >= 4 is 12.0 Å². The zero-order chi connectivity index (χ0) is 10.3. The third-order valence-electron chi connectivity index (χ3n) is 2.58. The van der Waals surface area contributed by atoms with Gasteiger partial charge in [-0.15, -0.1) is 0 Å². The second-order valence-electron chi connectivity index (χ2n) is 4.90. The van der Waals surface area contributed by atoms with Gasteiger partial charge in [-0.3, -0.25) is 4.79 Å². The highest BCUT2D eigenvalue weighted by Gasteiger charge is 2.48. The van der Waals surface area contributed by atoms with E-state index in [1.165, 1.54) is 0 Å². The average molecular weight is 183 g/mol. The number of hydrogen-bond acceptors (Lipinski definition) is 2. The molecule has 0 amide bonds. The minimum absolute atomic E-state index is 0.0313. The molecule has 1 aliphatic heterocycles. The molecule has 1 heterocycles. The lowest BCUT2D eigenvalue weighted by molar-refractivity contribution is -0.515. The van der Waals surface area contributed by atoms with Crippen LogP contribution in [0.15, 0.2) is 0 Å². The van der Waals surface area contributed by atoms with E-state index >= 15 is 0 Å². The largest absolute Gasteiger partial charge is 0.623 e. The maximum absolute atomic E-state index is 11.9. The first-order chi connectivity index (χ1) is 5.78. The zero-order valence-electron chi connectivity index (χ0n) is 8.76. The fourth-order valence-electron chi connectivity index (χ4n) is 1.80. The van der Waals surface area contributed by atoms with Gasteiger partial charge in [-0.25, -0.2) is 4.74 Å². The first-order valence-electron chi connectivity index (χ1n) is 4.63. The molecule has 0 radical (unpaired) electrons. The van der Waals surface area contributed by atoms with E-state index in [9.17, 15) is 10.0 Å². The van der Waals surface area contributed by atoms with Crippen LogP contribution in [-0.4, -0.2) is 22.3 Å². The summed E-state index contributed by atoms with van der Waals surface area (Å²) in [5, 5.41) is 11.4. The lowest BCUT2D eigenvalue weighted by Gasteiger charge is -2.28. The lowest BCUT2D eigenvalue weighted by Crippen LogP contribution is -2.47. The molecule has 0 aromatic carbocycles. The number of hydroxylamine groups is 1. The van der Waals surface area contributed by atoms with Crippen LogP contribution in [0.3, 0.4) is 0 Å². The molecular formula is C10H17NO2. The van der Waals surface area contributed by atoms with E-state index in [-0.39, 0.29) is 5.78 Å². The van der Waals surface area contributed by atoms with Crippen molar-refractivity contribution in [2.45, 2.75) is 46.1 Å². The van der Waals surface area contributed by atoms with E-state index in [0.717, 1.165) is 4.74 Å². The van der Waals surface area contributed by atoms with Crippen LogP contribution in [-0.2, 0) is 4.79 Å². The standard InChI is InChI=1S/C10H17NO2/c1-9(2,3)8(12)10(4)6-5-7-11(10)13/h7H,5-6H2,1-4H3. The SMILES string of the molecule is CC(C)(C)C(=O)C1(C)CCC=[N+]1[O-]. The molecule has 13 heavy (non-hydrogen) atoms. The number of Topliss-reactive ketones (excluding diaryl/α,β-unsaturated/α-hetero) is 1. The summed E-state index contributed by atoms with van der Waals surface area (Å²) >= 11 is 0. The Bertz CT molecular complexity index is 263. The van der Waals surface area contributed by atoms with Gasteiger partial charge in [0.15, 0.2) is 6.21 Å². The molecule has 1 atom stereocenters. The molecular weight excluding hydrogens is 166 g/mol. The molecule has 1 aliphatic rings. The predicted molar refractivity (Wildman–Crippen MR) is 51.8 cm³/mol. The van der Waals surface area contributed by atoms with Crippen LogP contribution in [0.2, 0.25) is 0 Å². The highest BCUT2D eigenvalue weighted by molar-refractivity contribution is 5.92. The zero-order valence-corrected chi connectivity index (χ0v) is 8.76. The summed E-state index contributed by atoms with van der Waals surface area (Å²) in [6, 6.07) is 0. The Kier molecular flexibility index (Phi) is 2.22. The molecule has 3 heteroatoms. The number of carbonyl (C=O) groups excluding carboxylic acids is 1. The number of rotatable bonds is 1. The Morgan fingerprint density at radius 2 is 2.08 bits per heavy atom. The molecule has 0 saturated heterocycles. The van der Waals surface area contributed by atoms with Crippen molar-refractivity contribution in [3.8, 4) is 0 Å². The normalized spacial score (nSPS) is 28.8. The van der Waals surface area contributed by atoms with Gasteiger partial charge in [0.1, 0.15) is 0 Å². The topological polar surface area (TPSA) is 43.1 Å². The molecule has 0 saturated carbocycles. The van der Waals surface area contributed by atoms with Crippen molar-refractivity contribution in [3.05, 3.63) is 5.21 Å². The molecule has 0 bridgehead atoms. The Balaban J connectivity index is 2.95. The van der Waals surface area contributed by atoms with Crippen molar-refractivity contribution in [2.75, 3.05) is 0 Å². The van der Waals surface area contributed by atoms with Crippen molar-refractivity contribution in [1.29, 1.82) is 0 Å². The first kappa shape index (κ1) is 10.2. The number of nitrogens with zero attached hydrogens (tertiary/aromatic N) is 1. The Labute approximate surface area is 79.0 Å². The van der Waals surface area contributed by atoms with E-state index in [1.807, 2.05) is 20.8 Å². The van der Waals surface area contributed by atoms with Crippen LogP contribution in [0.5, 0.6) is 0 Å². The fourth-order valence-corrected chi connectivity index (χ4v) is 1.80. The highest BCUT2D eigenvalue weighted by atomic mass is 16.5. The molecule has 0 aliphatic carbocycles. The average Bonchev–Trinajstić information content (AvgIpc) is 2.30. The molecule has 3 nitrogen and oxygen atoms in total. The number of carbonyl (C=O) groups is 1. The van der Waals surface area contributed by atoms with E-state index in [2.05, 4.69) is 0 Å². The number of hydrogen-bond donors (Lipinski definition) is 0. The third-order valence-corrected chi connectivity index (χ3v) is 2.58. The molecule has 0 spiro atoms. The Morgan fingerprint density at radius 3 is 2.38 bits per heavy atom. The van der Waals surface area contributed by atoms with Crippen LogP contribution in [0.4, 0.5) is 0 Å². The summed E-state index contributed by atoms with van der Waals surface area (Å²) in [7, 11) is 0. The Hall–Kier alpha value is -0.860. The molecule has 0 aromatic rings. The van der Waals surface area contributed by atoms with Gasteiger partial charge in [0.05, 0.1) is 0 Å². The van der Waals surface area contributed by atoms with Crippen molar-refractivity contribution in [2.24, 2.45) is 5.41 Å². The van der Waals surface area contributed by atoms with Gasteiger partial charge in [0.2, 0.25) is 11.3 Å². The van der Waals surface area contributed by atoms with Crippen LogP contribution >= 0.6 is 0 Å². The summed E-state index contributed by atoms with van der Waals surface area (Å²) in [6.07, 6.45) is 2.91. The van der Waals surface area contributed by atoms with E-state index in [4.69, 9.17) is 0 Å². The maximum Gasteiger partial charge on any atom is 0.228 e. The van der Waals surface area contributed by atoms with Gasteiger partial charge in [-0.2, -0.15) is 0 Å². The smallest absolute Gasteiger partial charge is 0.228 e. The van der Waals surface area contributed by atoms with Crippen molar-refractivity contribution < 1.29 is 9.53 Å². The quantitative estimate of drug-likeness (QED) is 0.459. The molecule has 1 rings (SSSR count). The lowest BCUT2D eigenvalue weighted by atomic mass is 9.78. The molecule has 1 unspecified atom stereocenters. The minimum Gasteiger partial charge on any atom is -0.623 e. The molecule has 0 N–H and O–H groups in total. The Morgan fingerprint density at radius 1 is 1.54 bits per heavy atom.